The largest absolute Gasteiger partial charge is 0.341 e. The topological polar surface area (TPSA) is 49.3 Å². The lowest BCUT2D eigenvalue weighted by atomic mass is 10.2. The second-order valence-corrected chi connectivity index (χ2v) is 7.02. The molecule has 0 aromatic carbocycles. The number of hydrogen-bond acceptors (Lipinski definition) is 5. The van der Waals surface area contributed by atoms with Crippen molar-refractivity contribution >= 4 is 34.8 Å². The maximum atomic E-state index is 13.1. The van der Waals surface area contributed by atoms with Crippen molar-refractivity contribution in [2.75, 3.05) is 18.0 Å². The summed E-state index contributed by atoms with van der Waals surface area (Å²) in [7, 11) is 0. The summed E-state index contributed by atoms with van der Waals surface area (Å²) in [6.07, 6.45) is 3.62. The fourth-order valence-corrected chi connectivity index (χ4v) is 3.47. The van der Waals surface area contributed by atoms with Gasteiger partial charge in [0.05, 0.1) is 11.2 Å². The van der Waals surface area contributed by atoms with Crippen molar-refractivity contribution in [1.29, 1.82) is 0 Å². The predicted octanol–water partition coefficient (Wildman–Crippen LogP) is 3.84. The van der Waals surface area contributed by atoms with E-state index in [2.05, 4.69) is 21.4 Å². The van der Waals surface area contributed by atoms with E-state index in [0.29, 0.717) is 29.3 Å². The van der Waals surface area contributed by atoms with Crippen LogP contribution in [0.3, 0.4) is 0 Å². The summed E-state index contributed by atoms with van der Waals surface area (Å²) in [6.45, 7) is 6.25. The monoisotopic (exact) mass is 364 g/mol. The van der Waals surface area contributed by atoms with Crippen LogP contribution in [0.1, 0.15) is 42.7 Å². The van der Waals surface area contributed by atoms with Crippen LogP contribution in [-0.4, -0.2) is 39.9 Å². The molecule has 7 heteroatoms. The first-order valence-electron chi connectivity index (χ1n) is 8.23. The number of carbonyl (C=O) groups excluding carboxylic acids is 1. The highest BCUT2D eigenvalue weighted by atomic mass is 35.5. The molecule has 2 aromatic rings. The van der Waals surface area contributed by atoms with E-state index in [1.165, 1.54) is 6.20 Å². The third kappa shape index (κ3) is 3.70. The van der Waals surface area contributed by atoms with E-state index in [-0.39, 0.29) is 5.91 Å². The van der Waals surface area contributed by atoms with Crippen LogP contribution >= 0.6 is 22.9 Å². The number of nitrogens with zero attached hydrogens (tertiary/aromatic N) is 4. The van der Waals surface area contributed by atoms with Crippen LogP contribution < -0.4 is 4.90 Å². The van der Waals surface area contributed by atoms with Gasteiger partial charge in [-0.1, -0.05) is 11.6 Å². The van der Waals surface area contributed by atoms with Crippen molar-refractivity contribution in [3.63, 3.8) is 0 Å². The van der Waals surface area contributed by atoms with E-state index in [9.17, 15) is 4.79 Å². The average Bonchev–Trinajstić information content (AvgIpc) is 3.30. The van der Waals surface area contributed by atoms with E-state index < -0.39 is 0 Å². The Morgan fingerprint density at radius 2 is 2.12 bits per heavy atom. The van der Waals surface area contributed by atoms with E-state index in [1.807, 2.05) is 29.0 Å². The Morgan fingerprint density at radius 1 is 1.38 bits per heavy atom. The minimum atomic E-state index is -0.107. The summed E-state index contributed by atoms with van der Waals surface area (Å²) < 4.78 is 0. The van der Waals surface area contributed by atoms with Gasteiger partial charge in [-0.25, -0.2) is 9.97 Å². The van der Waals surface area contributed by atoms with Crippen LogP contribution in [0.25, 0.3) is 0 Å². The van der Waals surface area contributed by atoms with Gasteiger partial charge in [0.15, 0.2) is 5.69 Å². The molecule has 2 heterocycles. The van der Waals surface area contributed by atoms with Crippen LogP contribution in [0.4, 0.5) is 5.95 Å². The Balaban J connectivity index is 1.88. The highest BCUT2D eigenvalue weighted by Gasteiger charge is 2.34. The van der Waals surface area contributed by atoms with Gasteiger partial charge in [-0.3, -0.25) is 4.79 Å². The molecule has 5 nitrogen and oxygen atoms in total. The number of thiophene rings is 1. The Labute approximate surface area is 151 Å². The molecule has 1 amide bonds. The van der Waals surface area contributed by atoms with E-state index in [4.69, 9.17) is 11.6 Å². The second kappa shape index (κ2) is 7.49. The van der Waals surface area contributed by atoms with Crippen molar-refractivity contribution in [2.24, 2.45) is 0 Å². The number of anilines is 1. The van der Waals surface area contributed by atoms with Gasteiger partial charge in [0, 0.05) is 25.7 Å². The summed E-state index contributed by atoms with van der Waals surface area (Å²) in [6, 6.07) is 2.34. The van der Waals surface area contributed by atoms with Crippen molar-refractivity contribution in [3.05, 3.63) is 39.3 Å². The lowest BCUT2D eigenvalue weighted by Crippen LogP contribution is -2.34. The summed E-state index contributed by atoms with van der Waals surface area (Å²) in [5, 5.41) is 4.42. The summed E-state index contributed by atoms with van der Waals surface area (Å²) in [5.41, 5.74) is 1.45. The molecule has 0 unspecified atom stereocenters. The standard InChI is InChI=1S/C17H21ClN4OS/c1-3-21(4-2)17-19-9-14(18)15(20-17)16(23)22(13-5-6-13)10-12-7-8-24-11-12/h7-9,11,13H,3-6,10H2,1-2H3. The lowest BCUT2D eigenvalue weighted by Gasteiger charge is -2.23. The maximum absolute atomic E-state index is 13.1. The minimum Gasteiger partial charge on any atom is -0.341 e. The van der Waals surface area contributed by atoms with Gasteiger partial charge in [-0.05, 0) is 49.1 Å². The van der Waals surface area contributed by atoms with Gasteiger partial charge >= 0.3 is 0 Å². The second-order valence-electron chi connectivity index (χ2n) is 5.83. The molecule has 0 saturated heterocycles. The third-order valence-electron chi connectivity index (χ3n) is 4.16. The fraction of sp³-hybridized carbons (Fsp3) is 0.471. The molecule has 3 rings (SSSR count). The first kappa shape index (κ1) is 17.2. The molecule has 0 spiro atoms. The number of carbonyl (C=O) groups is 1. The summed E-state index contributed by atoms with van der Waals surface area (Å²) >= 11 is 7.88. The summed E-state index contributed by atoms with van der Waals surface area (Å²) in [5.74, 6) is 0.448. The molecule has 0 bridgehead atoms. The van der Waals surface area contributed by atoms with E-state index in [0.717, 1.165) is 31.5 Å². The molecule has 0 aliphatic heterocycles. The van der Waals surface area contributed by atoms with E-state index >= 15 is 0 Å². The zero-order valence-electron chi connectivity index (χ0n) is 13.9. The number of hydrogen-bond donors (Lipinski definition) is 0. The van der Waals surface area contributed by atoms with Crippen LogP contribution in [0, 0.1) is 0 Å². The molecule has 1 aliphatic rings. The van der Waals surface area contributed by atoms with Gasteiger partial charge < -0.3 is 9.80 Å². The fourth-order valence-electron chi connectivity index (χ4n) is 2.63. The molecular weight excluding hydrogens is 344 g/mol. The third-order valence-corrected chi connectivity index (χ3v) is 5.17. The van der Waals surface area contributed by atoms with Crippen molar-refractivity contribution < 1.29 is 4.79 Å². The molecule has 1 fully saturated rings. The van der Waals surface area contributed by atoms with Crippen LogP contribution in [0.2, 0.25) is 5.02 Å². The highest BCUT2D eigenvalue weighted by Crippen LogP contribution is 2.31. The minimum absolute atomic E-state index is 0.107. The normalized spacial score (nSPS) is 13.8. The predicted molar refractivity (Wildman–Crippen MR) is 97.8 cm³/mol. The van der Waals surface area contributed by atoms with Crippen molar-refractivity contribution in [1.82, 2.24) is 14.9 Å². The van der Waals surface area contributed by atoms with Crippen LogP contribution in [0.15, 0.2) is 23.0 Å². The summed E-state index contributed by atoms with van der Waals surface area (Å²) in [4.78, 5) is 25.7. The average molecular weight is 365 g/mol. The quantitative estimate of drug-likeness (QED) is 0.748. The van der Waals surface area contributed by atoms with Gasteiger partial charge in [0.25, 0.3) is 5.91 Å². The number of rotatable bonds is 7. The molecule has 24 heavy (non-hydrogen) atoms. The van der Waals surface area contributed by atoms with Gasteiger partial charge in [-0.15, -0.1) is 0 Å². The highest BCUT2D eigenvalue weighted by molar-refractivity contribution is 7.07. The SMILES string of the molecule is CCN(CC)c1ncc(Cl)c(C(=O)N(Cc2ccsc2)C2CC2)n1. The van der Waals surface area contributed by atoms with Gasteiger partial charge in [-0.2, -0.15) is 11.3 Å². The molecule has 2 aromatic heterocycles. The first-order chi connectivity index (χ1) is 11.6. The zero-order chi connectivity index (χ0) is 17.1. The molecule has 0 radical (unpaired) electrons. The number of amides is 1. The Kier molecular flexibility index (Phi) is 5.36. The molecule has 0 atom stereocenters. The van der Waals surface area contributed by atoms with Crippen molar-refractivity contribution in [2.45, 2.75) is 39.3 Å². The Hall–Kier alpha value is -1.66. The molecule has 1 aliphatic carbocycles. The zero-order valence-corrected chi connectivity index (χ0v) is 15.5. The first-order valence-corrected chi connectivity index (χ1v) is 9.55. The molecule has 1 saturated carbocycles. The van der Waals surface area contributed by atoms with Crippen LogP contribution in [0.5, 0.6) is 0 Å². The Morgan fingerprint density at radius 3 is 2.71 bits per heavy atom. The molecular formula is C17H21ClN4OS. The maximum Gasteiger partial charge on any atom is 0.274 e. The van der Waals surface area contributed by atoms with Crippen molar-refractivity contribution in [3.8, 4) is 0 Å². The molecule has 128 valence electrons. The lowest BCUT2D eigenvalue weighted by molar-refractivity contribution is 0.0724. The van der Waals surface area contributed by atoms with Gasteiger partial charge in [0.2, 0.25) is 5.95 Å². The van der Waals surface area contributed by atoms with Crippen LogP contribution in [-0.2, 0) is 6.54 Å². The van der Waals surface area contributed by atoms with E-state index in [1.54, 1.807) is 11.3 Å². The smallest absolute Gasteiger partial charge is 0.274 e. The number of halogens is 1. The van der Waals surface area contributed by atoms with Gasteiger partial charge in [0.1, 0.15) is 0 Å². The number of aromatic nitrogens is 2. The molecule has 0 N–H and O–H groups in total. The Bertz CT molecular complexity index is 699.